The van der Waals surface area contributed by atoms with Gasteiger partial charge in [-0.2, -0.15) is 0 Å². The Morgan fingerprint density at radius 1 is 1.00 bits per heavy atom. The summed E-state index contributed by atoms with van der Waals surface area (Å²) >= 11 is 3.42. The maximum absolute atomic E-state index is 12.5. The molecule has 0 aromatic heterocycles. The van der Waals surface area contributed by atoms with E-state index in [0.29, 0.717) is 6.42 Å². The van der Waals surface area contributed by atoms with E-state index in [-0.39, 0.29) is 18.0 Å². The molecule has 1 amide bonds. The van der Waals surface area contributed by atoms with Crippen LogP contribution in [0, 0.1) is 0 Å². The predicted molar refractivity (Wildman–Crippen MR) is 104 cm³/mol. The van der Waals surface area contributed by atoms with Gasteiger partial charge in [-0.1, -0.05) is 64.5 Å². The molecule has 1 heterocycles. The van der Waals surface area contributed by atoms with Crippen LogP contribution < -0.4 is 16.2 Å². The number of hydrogen-bond donors (Lipinski definition) is 3. The average Bonchev–Trinajstić information content (AvgIpc) is 3.11. The van der Waals surface area contributed by atoms with Crippen LogP contribution >= 0.6 is 15.9 Å². The highest BCUT2D eigenvalue weighted by atomic mass is 79.9. The minimum atomic E-state index is -0.275. The van der Waals surface area contributed by atoms with Gasteiger partial charge in [-0.3, -0.25) is 4.79 Å². The zero-order valence-electron chi connectivity index (χ0n) is 13.5. The quantitative estimate of drug-likeness (QED) is 0.624. The number of rotatable bonds is 3. The van der Waals surface area contributed by atoms with E-state index in [0.717, 1.165) is 10.2 Å². The molecular weight excluding hydrogens is 378 g/mol. The summed E-state index contributed by atoms with van der Waals surface area (Å²) in [7, 11) is 0. The Morgan fingerprint density at radius 3 is 2.68 bits per heavy atom. The number of benzene rings is 3. The van der Waals surface area contributed by atoms with Crippen molar-refractivity contribution < 1.29 is 4.79 Å². The third-order valence-corrected chi connectivity index (χ3v) is 5.00. The van der Waals surface area contributed by atoms with E-state index in [1.54, 1.807) is 0 Å². The number of carbonyl (C=O) groups excluding carboxylic acids is 1. The van der Waals surface area contributed by atoms with Gasteiger partial charge < -0.3 is 5.32 Å². The normalized spacial score (nSPS) is 19.9. The molecule has 3 aromatic carbocycles. The van der Waals surface area contributed by atoms with Crippen molar-refractivity contribution in [2.24, 2.45) is 0 Å². The van der Waals surface area contributed by atoms with E-state index in [2.05, 4.69) is 62.4 Å². The van der Waals surface area contributed by atoms with Gasteiger partial charge in [0.05, 0.1) is 0 Å². The second-order valence-electron chi connectivity index (χ2n) is 6.20. The molecule has 3 aromatic rings. The Morgan fingerprint density at radius 2 is 1.80 bits per heavy atom. The van der Waals surface area contributed by atoms with Gasteiger partial charge in [0, 0.05) is 16.2 Å². The summed E-state index contributed by atoms with van der Waals surface area (Å²) < 4.78 is 0.941. The van der Waals surface area contributed by atoms with Crippen molar-refractivity contribution in [3.05, 3.63) is 76.8 Å². The first-order valence-electron chi connectivity index (χ1n) is 8.26. The molecule has 4 rings (SSSR count). The maximum atomic E-state index is 12.5. The Labute approximate surface area is 154 Å². The van der Waals surface area contributed by atoms with Crippen LogP contribution in [0.25, 0.3) is 10.8 Å². The van der Waals surface area contributed by atoms with Gasteiger partial charge in [-0.25, -0.2) is 10.9 Å². The van der Waals surface area contributed by atoms with Gasteiger partial charge in [0.15, 0.2) is 0 Å². The van der Waals surface area contributed by atoms with E-state index in [9.17, 15) is 4.79 Å². The van der Waals surface area contributed by atoms with Crippen molar-refractivity contribution >= 4 is 38.3 Å². The molecule has 2 unspecified atom stereocenters. The third-order valence-electron chi connectivity index (χ3n) is 4.51. The van der Waals surface area contributed by atoms with Crippen molar-refractivity contribution in [1.82, 2.24) is 10.9 Å². The zero-order valence-corrected chi connectivity index (χ0v) is 15.1. The molecule has 2 atom stereocenters. The number of hydrazine groups is 1. The summed E-state index contributed by atoms with van der Waals surface area (Å²) in [5.41, 5.74) is 8.40. The van der Waals surface area contributed by atoms with Crippen molar-refractivity contribution in [2.45, 2.75) is 18.5 Å². The second-order valence-corrected chi connectivity index (χ2v) is 7.11. The third kappa shape index (κ3) is 3.44. The highest BCUT2D eigenvalue weighted by molar-refractivity contribution is 9.10. The van der Waals surface area contributed by atoms with E-state index in [1.807, 2.05) is 36.4 Å². The van der Waals surface area contributed by atoms with Gasteiger partial charge in [0.2, 0.25) is 5.91 Å². The number of carbonyl (C=O) groups is 1. The topological polar surface area (TPSA) is 53.2 Å². The van der Waals surface area contributed by atoms with Crippen molar-refractivity contribution in [3.8, 4) is 0 Å². The van der Waals surface area contributed by atoms with Crippen LogP contribution in [0.15, 0.2) is 71.2 Å². The number of amides is 1. The molecule has 0 bridgehead atoms. The summed E-state index contributed by atoms with van der Waals surface area (Å²) in [5.74, 6) is -0.0339. The number of fused-ring (bicyclic) bond motifs is 1. The molecule has 0 spiro atoms. The summed E-state index contributed by atoms with van der Waals surface area (Å²) in [6.07, 6.45) is 0.702. The van der Waals surface area contributed by atoms with Crippen LogP contribution in [0.3, 0.4) is 0 Å². The highest BCUT2D eigenvalue weighted by Gasteiger charge is 2.30. The van der Waals surface area contributed by atoms with E-state index in [1.165, 1.54) is 16.3 Å². The molecule has 126 valence electrons. The molecule has 0 saturated carbocycles. The van der Waals surface area contributed by atoms with Gasteiger partial charge in [-0.15, -0.1) is 0 Å². The fourth-order valence-corrected chi connectivity index (χ4v) is 3.68. The average molecular weight is 396 g/mol. The number of nitrogens with one attached hydrogen (secondary N) is 3. The van der Waals surface area contributed by atoms with E-state index in [4.69, 9.17) is 0 Å². The Hall–Kier alpha value is -2.21. The molecular formula is C20H18BrN3O. The monoisotopic (exact) mass is 395 g/mol. The summed E-state index contributed by atoms with van der Waals surface area (Å²) in [4.78, 5) is 12.5. The fourth-order valence-electron chi connectivity index (χ4n) is 3.28. The summed E-state index contributed by atoms with van der Waals surface area (Å²) in [6.45, 7) is 0. The van der Waals surface area contributed by atoms with E-state index < -0.39 is 0 Å². The highest BCUT2D eigenvalue weighted by Crippen LogP contribution is 2.29. The van der Waals surface area contributed by atoms with Crippen molar-refractivity contribution in [3.63, 3.8) is 0 Å². The first-order chi connectivity index (χ1) is 12.2. The van der Waals surface area contributed by atoms with Crippen LogP contribution in [-0.2, 0) is 4.79 Å². The minimum Gasteiger partial charge on any atom is -0.325 e. The van der Waals surface area contributed by atoms with Gasteiger partial charge in [0.25, 0.3) is 0 Å². The first kappa shape index (κ1) is 16.3. The lowest BCUT2D eigenvalue weighted by Crippen LogP contribution is -2.39. The molecule has 0 aliphatic carbocycles. The van der Waals surface area contributed by atoms with Crippen LogP contribution in [0.4, 0.5) is 5.69 Å². The fraction of sp³-hybridized carbons (Fsp3) is 0.150. The molecule has 1 aliphatic rings. The summed E-state index contributed by atoms with van der Waals surface area (Å²) in [5, 5.41) is 5.39. The molecule has 3 N–H and O–H groups in total. The lowest BCUT2D eigenvalue weighted by molar-refractivity contribution is -0.117. The number of halogens is 1. The molecule has 5 heteroatoms. The van der Waals surface area contributed by atoms with Gasteiger partial charge in [-0.05, 0) is 41.0 Å². The minimum absolute atomic E-state index is 0.0339. The predicted octanol–water partition coefficient (Wildman–Crippen LogP) is 4.15. The standard InChI is InChI=1S/C20H18BrN3O/c21-14-7-4-8-15(11-14)22-20(25)19-12-18(23-24-19)17-10-3-6-13-5-1-2-9-16(13)17/h1-11,18-19,23-24H,12H2,(H,22,25). The first-order valence-corrected chi connectivity index (χ1v) is 9.05. The largest absolute Gasteiger partial charge is 0.325 e. The molecule has 0 radical (unpaired) electrons. The van der Waals surface area contributed by atoms with Gasteiger partial charge in [0.1, 0.15) is 6.04 Å². The van der Waals surface area contributed by atoms with Crippen LogP contribution in [0.5, 0.6) is 0 Å². The Balaban J connectivity index is 1.50. The lowest BCUT2D eigenvalue weighted by atomic mass is 9.96. The Bertz CT molecular complexity index is 922. The van der Waals surface area contributed by atoms with Crippen molar-refractivity contribution in [1.29, 1.82) is 0 Å². The smallest absolute Gasteiger partial charge is 0.242 e. The number of anilines is 1. The SMILES string of the molecule is O=C(Nc1cccc(Br)c1)C1CC(c2cccc3ccccc23)NN1. The molecule has 4 nitrogen and oxygen atoms in total. The maximum Gasteiger partial charge on any atom is 0.242 e. The van der Waals surface area contributed by atoms with Crippen LogP contribution in [-0.4, -0.2) is 11.9 Å². The molecule has 25 heavy (non-hydrogen) atoms. The van der Waals surface area contributed by atoms with Crippen LogP contribution in [0.2, 0.25) is 0 Å². The van der Waals surface area contributed by atoms with Crippen LogP contribution in [0.1, 0.15) is 18.0 Å². The van der Waals surface area contributed by atoms with E-state index >= 15 is 0 Å². The molecule has 1 fully saturated rings. The molecule has 1 aliphatic heterocycles. The number of hydrogen-bond acceptors (Lipinski definition) is 3. The molecule has 1 saturated heterocycles. The van der Waals surface area contributed by atoms with Gasteiger partial charge >= 0.3 is 0 Å². The zero-order chi connectivity index (χ0) is 17.2. The summed E-state index contributed by atoms with van der Waals surface area (Å²) in [6, 6.07) is 22.1. The van der Waals surface area contributed by atoms with Crippen molar-refractivity contribution in [2.75, 3.05) is 5.32 Å². The second kappa shape index (κ2) is 6.96. The lowest BCUT2D eigenvalue weighted by Gasteiger charge is -2.13. The Kier molecular flexibility index (Phi) is 4.53.